The van der Waals surface area contributed by atoms with Crippen molar-refractivity contribution in [3.63, 3.8) is 0 Å². The number of fused-ring (bicyclic) bond motifs is 2. The van der Waals surface area contributed by atoms with Crippen LogP contribution in [0.4, 0.5) is 17.3 Å². The summed E-state index contributed by atoms with van der Waals surface area (Å²) in [4.78, 5) is 23.3. The summed E-state index contributed by atoms with van der Waals surface area (Å²) in [7, 11) is 0. The van der Waals surface area contributed by atoms with Crippen molar-refractivity contribution >= 4 is 46.4 Å². The molecule has 0 aromatic carbocycles. The number of pyridine rings is 2. The minimum Gasteiger partial charge on any atom is -0.318 e. The van der Waals surface area contributed by atoms with Crippen LogP contribution in [0.1, 0.15) is 28.8 Å². The van der Waals surface area contributed by atoms with Gasteiger partial charge in [-0.2, -0.15) is 0 Å². The Bertz CT molecular complexity index is 804. The van der Waals surface area contributed by atoms with E-state index in [0.717, 1.165) is 12.8 Å². The summed E-state index contributed by atoms with van der Waals surface area (Å²) in [6.45, 7) is 1.82. The monoisotopic (exact) mass is 334 g/mol. The quantitative estimate of drug-likeness (QED) is 0.802. The lowest BCUT2D eigenvalue weighted by Crippen LogP contribution is -2.22. The first kappa shape index (κ1) is 13.8. The third-order valence-electron chi connectivity index (χ3n) is 3.95. The van der Waals surface area contributed by atoms with Crippen LogP contribution in [-0.2, 0) is 0 Å². The molecular weight excluding hydrogens is 323 g/mol. The normalized spacial score (nSPS) is 16.7. The van der Waals surface area contributed by atoms with Crippen LogP contribution in [0.2, 0.25) is 10.2 Å². The Labute approximate surface area is 137 Å². The van der Waals surface area contributed by atoms with Gasteiger partial charge in [0.25, 0.3) is 5.91 Å². The van der Waals surface area contributed by atoms with Crippen LogP contribution in [0, 0.1) is 6.92 Å². The molecule has 1 amide bonds. The van der Waals surface area contributed by atoms with Gasteiger partial charge in [0.15, 0.2) is 11.0 Å². The number of carbonyl (C=O) groups excluding carboxylic acids is 1. The zero-order valence-electron chi connectivity index (χ0n) is 11.7. The number of rotatable bonds is 1. The third kappa shape index (κ3) is 1.96. The predicted molar refractivity (Wildman–Crippen MR) is 86.3 cm³/mol. The highest BCUT2D eigenvalue weighted by Gasteiger charge is 2.38. The molecule has 0 bridgehead atoms. The Morgan fingerprint density at radius 2 is 2.09 bits per heavy atom. The first-order chi connectivity index (χ1) is 10.6. The molecule has 1 aliphatic carbocycles. The van der Waals surface area contributed by atoms with Crippen LogP contribution in [0.15, 0.2) is 18.3 Å². The van der Waals surface area contributed by atoms with E-state index in [9.17, 15) is 4.79 Å². The summed E-state index contributed by atoms with van der Waals surface area (Å²) < 4.78 is 0. The molecule has 3 heterocycles. The fourth-order valence-corrected chi connectivity index (χ4v) is 3.04. The van der Waals surface area contributed by atoms with Gasteiger partial charge in [-0.15, -0.1) is 0 Å². The van der Waals surface area contributed by atoms with E-state index in [4.69, 9.17) is 23.2 Å². The summed E-state index contributed by atoms with van der Waals surface area (Å²) in [5.74, 6) is 1.02. The standard InChI is InChI=1S/C15H12Cl2N4O/c1-7-10(16)12(17)20-14-11(7)19-15(22)9-3-2-6-18-13(9)21(14)8-4-5-8/h2-3,6,8H,4-5H2,1H3,(H,19,22). The summed E-state index contributed by atoms with van der Waals surface area (Å²) in [5, 5.41) is 3.49. The molecule has 0 unspecified atom stereocenters. The van der Waals surface area contributed by atoms with Crippen LogP contribution < -0.4 is 10.2 Å². The summed E-state index contributed by atoms with van der Waals surface area (Å²) >= 11 is 12.3. The molecule has 5 nitrogen and oxygen atoms in total. The topological polar surface area (TPSA) is 58.1 Å². The van der Waals surface area contributed by atoms with Crippen LogP contribution in [-0.4, -0.2) is 21.9 Å². The van der Waals surface area contributed by atoms with E-state index in [0.29, 0.717) is 33.5 Å². The molecular formula is C15H12Cl2N4O. The van der Waals surface area contributed by atoms with Crippen LogP contribution >= 0.6 is 23.2 Å². The van der Waals surface area contributed by atoms with Gasteiger partial charge in [-0.05, 0) is 37.5 Å². The van der Waals surface area contributed by atoms with Gasteiger partial charge in [0.05, 0.1) is 16.3 Å². The molecule has 7 heteroatoms. The summed E-state index contributed by atoms with van der Waals surface area (Å²) in [5.41, 5.74) is 1.84. The number of hydrogen-bond acceptors (Lipinski definition) is 4. The number of hydrogen-bond donors (Lipinski definition) is 1. The van der Waals surface area contributed by atoms with Gasteiger partial charge in [0, 0.05) is 12.2 Å². The second-order valence-electron chi connectivity index (χ2n) is 5.47. The molecule has 112 valence electrons. The van der Waals surface area contributed by atoms with Gasteiger partial charge >= 0.3 is 0 Å². The molecule has 2 aliphatic rings. The minimum atomic E-state index is -0.212. The molecule has 0 atom stereocenters. The first-order valence-electron chi connectivity index (χ1n) is 6.99. The Balaban J connectivity index is 2.03. The van der Waals surface area contributed by atoms with E-state index in [1.165, 1.54) is 0 Å². The summed E-state index contributed by atoms with van der Waals surface area (Å²) in [6, 6.07) is 3.79. The van der Waals surface area contributed by atoms with Crippen molar-refractivity contribution in [2.45, 2.75) is 25.8 Å². The van der Waals surface area contributed by atoms with E-state index in [1.54, 1.807) is 18.3 Å². The number of halogens is 2. The molecule has 1 aliphatic heterocycles. The van der Waals surface area contributed by atoms with Crippen LogP contribution in [0.5, 0.6) is 0 Å². The number of carbonyl (C=O) groups is 1. The average molecular weight is 335 g/mol. The lowest BCUT2D eigenvalue weighted by atomic mass is 10.2. The van der Waals surface area contributed by atoms with E-state index in [-0.39, 0.29) is 17.1 Å². The Morgan fingerprint density at radius 3 is 2.82 bits per heavy atom. The van der Waals surface area contributed by atoms with Crippen molar-refractivity contribution in [3.8, 4) is 0 Å². The van der Waals surface area contributed by atoms with E-state index < -0.39 is 0 Å². The summed E-state index contributed by atoms with van der Waals surface area (Å²) in [6.07, 6.45) is 3.74. The van der Waals surface area contributed by atoms with Gasteiger partial charge in [0.1, 0.15) is 5.82 Å². The zero-order valence-corrected chi connectivity index (χ0v) is 13.2. The zero-order chi connectivity index (χ0) is 15.4. The molecule has 22 heavy (non-hydrogen) atoms. The van der Waals surface area contributed by atoms with Crippen LogP contribution in [0.25, 0.3) is 0 Å². The maximum Gasteiger partial charge on any atom is 0.259 e. The maximum atomic E-state index is 12.5. The van der Waals surface area contributed by atoms with Gasteiger partial charge in [-0.3, -0.25) is 4.79 Å². The maximum absolute atomic E-state index is 12.5. The number of anilines is 3. The molecule has 0 saturated heterocycles. The van der Waals surface area contributed by atoms with Crippen molar-refractivity contribution in [2.75, 3.05) is 10.2 Å². The number of nitrogens with one attached hydrogen (secondary N) is 1. The lowest BCUT2D eigenvalue weighted by molar-refractivity contribution is 0.102. The molecule has 2 aromatic rings. The highest BCUT2D eigenvalue weighted by atomic mass is 35.5. The number of amides is 1. The van der Waals surface area contributed by atoms with Gasteiger partial charge in [-0.25, -0.2) is 9.97 Å². The van der Waals surface area contributed by atoms with Crippen molar-refractivity contribution in [1.82, 2.24) is 9.97 Å². The molecule has 1 fully saturated rings. The third-order valence-corrected chi connectivity index (χ3v) is 4.78. The Hall–Kier alpha value is -1.85. The number of nitrogens with zero attached hydrogens (tertiary/aromatic N) is 3. The molecule has 0 radical (unpaired) electrons. The smallest absolute Gasteiger partial charge is 0.259 e. The van der Waals surface area contributed by atoms with Crippen molar-refractivity contribution in [3.05, 3.63) is 39.6 Å². The van der Waals surface area contributed by atoms with Gasteiger partial charge in [-0.1, -0.05) is 23.2 Å². The SMILES string of the molecule is Cc1c(Cl)c(Cl)nc2c1NC(=O)c1cccnc1N2C1CC1. The Kier molecular flexibility index (Phi) is 3.03. The highest BCUT2D eigenvalue weighted by Crippen LogP contribution is 2.46. The van der Waals surface area contributed by atoms with E-state index in [1.807, 2.05) is 11.8 Å². The largest absolute Gasteiger partial charge is 0.318 e. The van der Waals surface area contributed by atoms with Gasteiger partial charge < -0.3 is 10.2 Å². The van der Waals surface area contributed by atoms with Crippen molar-refractivity contribution < 1.29 is 4.79 Å². The van der Waals surface area contributed by atoms with E-state index in [2.05, 4.69) is 15.3 Å². The van der Waals surface area contributed by atoms with Gasteiger partial charge in [0.2, 0.25) is 0 Å². The molecule has 1 saturated carbocycles. The first-order valence-corrected chi connectivity index (χ1v) is 7.74. The fourth-order valence-electron chi connectivity index (χ4n) is 2.68. The van der Waals surface area contributed by atoms with Crippen molar-refractivity contribution in [1.29, 1.82) is 0 Å². The average Bonchev–Trinajstić information content (AvgIpc) is 3.34. The lowest BCUT2D eigenvalue weighted by Gasteiger charge is -2.24. The molecule has 2 aromatic heterocycles. The minimum absolute atomic E-state index is 0.212. The van der Waals surface area contributed by atoms with Crippen LogP contribution in [0.3, 0.4) is 0 Å². The Morgan fingerprint density at radius 1 is 1.32 bits per heavy atom. The number of aromatic nitrogens is 2. The highest BCUT2D eigenvalue weighted by molar-refractivity contribution is 6.42. The second kappa shape index (κ2) is 4.83. The van der Waals surface area contributed by atoms with E-state index >= 15 is 0 Å². The molecule has 0 spiro atoms. The fraction of sp³-hybridized carbons (Fsp3) is 0.267. The van der Waals surface area contributed by atoms with Crippen molar-refractivity contribution in [2.24, 2.45) is 0 Å². The molecule has 1 N–H and O–H groups in total. The molecule has 4 rings (SSSR count). The second-order valence-corrected chi connectivity index (χ2v) is 6.21. The predicted octanol–water partition coefficient (Wildman–Crippen LogP) is 3.96.